The first kappa shape index (κ1) is 20.6. The van der Waals surface area contributed by atoms with Gasteiger partial charge in [0.25, 0.3) is 0 Å². The molecular weight excluding hydrogens is 390 g/mol. The number of halogens is 1. The van der Waals surface area contributed by atoms with Crippen LogP contribution in [0, 0.1) is 0 Å². The van der Waals surface area contributed by atoms with Gasteiger partial charge in [0, 0.05) is 22.7 Å². The standard InChI is InChI=1S/C22H24ClN3OS/c1-5-26-20(16-6-10-17(11-7-16)22(2,3)4)24-25-21(26)28-14-19(27)15-8-12-18(23)13-9-15/h6-13H,5,14H2,1-4H3. The monoisotopic (exact) mass is 413 g/mol. The van der Waals surface area contributed by atoms with Crippen molar-refractivity contribution in [3.63, 3.8) is 0 Å². The second-order valence-corrected chi connectivity index (χ2v) is 8.98. The average Bonchev–Trinajstić information content (AvgIpc) is 3.09. The lowest BCUT2D eigenvalue weighted by Gasteiger charge is -2.19. The van der Waals surface area contributed by atoms with Gasteiger partial charge in [-0.15, -0.1) is 10.2 Å². The SMILES string of the molecule is CCn1c(SCC(=O)c2ccc(Cl)cc2)nnc1-c1ccc(C(C)(C)C)cc1. The highest BCUT2D eigenvalue weighted by Crippen LogP contribution is 2.28. The van der Waals surface area contributed by atoms with Crippen LogP contribution >= 0.6 is 23.4 Å². The van der Waals surface area contributed by atoms with Crippen LogP contribution in [0.4, 0.5) is 0 Å². The van der Waals surface area contributed by atoms with E-state index in [1.807, 2.05) is 4.57 Å². The molecule has 0 saturated heterocycles. The minimum atomic E-state index is 0.0448. The Hall–Kier alpha value is -2.11. The summed E-state index contributed by atoms with van der Waals surface area (Å²) in [5.74, 6) is 1.18. The van der Waals surface area contributed by atoms with Crippen molar-refractivity contribution in [2.45, 2.75) is 44.8 Å². The smallest absolute Gasteiger partial charge is 0.191 e. The highest BCUT2D eigenvalue weighted by molar-refractivity contribution is 7.99. The molecule has 0 spiro atoms. The van der Waals surface area contributed by atoms with Crippen LogP contribution in [0.5, 0.6) is 0 Å². The van der Waals surface area contributed by atoms with Crippen LogP contribution in [0.3, 0.4) is 0 Å². The molecule has 0 atom stereocenters. The maximum absolute atomic E-state index is 12.4. The van der Waals surface area contributed by atoms with Crippen molar-refractivity contribution in [2.75, 3.05) is 5.75 Å². The van der Waals surface area contributed by atoms with Crippen molar-refractivity contribution in [2.24, 2.45) is 0 Å². The molecule has 0 bridgehead atoms. The van der Waals surface area contributed by atoms with Crippen LogP contribution in [0.25, 0.3) is 11.4 Å². The van der Waals surface area contributed by atoms with E-state index < -0.39 is 0 Å². The van der Waals surface area contributed by atoms with Crippen LogP contribution in [0.15, 0.2) is 53.7 Å². The van der Waals surface area contributed by atoms with Gasteiger partial charge in [0.15, 0.2) is 16.8 Å². The number of thioether (sulfide) groups is 1. The minimum Gasteiger partial charge on any atom is -0.302 e. The normalized spacial score (nSPS) is 11.6. The summed E-state index contributed by atoms with van der Waals surface area (Å²) in [6.45, 7) is 9.39. The number of hydrogen-bond donors (Lipinski definition) is 0. The zero-order chi connectivity index (χ0) is 20.3. The van der Waals surface area contributed by atoms with Crippen LogP contribution in [-0.2, 0) is 12.0 Å². The van der Waals surface area contributed by atoms with Crippen molar-refractivity contribution >= 4 is 29.1 Å². The predicted molar refractivity (Wildman–Crippen MR) is 116 cm³/mol. The fourth-order valence-electron chi connectivity index (χ4n) is 2.86. The maximum Gasteiger partial charge on any atom is 0.191 e. The fraction of sp³-hybridized carbons (Fsp3) is 0.318. The Morgan fingerprint density at radius 2 is 1.68 bits per heavy atom. The molecule has 0 saturated carbocycles. The lowest BCUT2D eigenvalue weighted by Crippen LogP contribution is -2.10. The van der Waals surface area contributed by atoms with Gasteiger partial charge >= 0.3 is 0 Å². The molecule has 1 aromatic heterocycles. The number of benzene rings is 2. The molecule has 28 heavy (non-hydrogen) atoms. The summed E-state index contributed by atoms with van der Waals surface area (Å²) in [7, 11) is 0. The summed E-state index contributed by atoms with van der Waals surface area (Å²) in [6, 6.07) is 15.4. The van der Waals surface area contributed by atoms with Crippen LogP contribution < -0.4 is 0 Å². The van der Waals surface area contributed by atoms with Crippen LogP contribution in [-0.4, -0.2) is 26.3 Å². The number of aromatic nitrogens is 3. The van der Waals surface area contributed by atoms with Crippen molar-refractivity contribution in [1.82, 2.24) is 14.8 Å². The van der Waals surface area contributed by atoms with Gasteiger partial charge in [0.05, 0.1) is 5.75 Å². The van der Waals surface area contributed by atoms with E-state index in [1.165, 1.54) is 17.3 Å². The third-order valence-electron chi connectivity index (χ3n) is 4.54. The van der Waals surface area contributed by atoms with Crippen LogP contribution in [0.1, 0.15) is 43.6 Å². The summed E-state index contributed by atoms with van der Waals surface area (Å²) in [5, 5.41) is 10.1. The Bertz CT molecular complexity index is 957. The Labute approximate surface area is 175 Å². The third kappa shape index (κ3) is 4.65. The van der Waals surface area contributed by atoms with E-state index in [1.54, 1.807) is 24.3 Å². The second kappa shape index (κ2) is 8.50. The maximum atomic E-state index is 12.4. The third-order valence-corrected chi connectivity index (χ3v) is 5.76. The van der Waals surface area contributed by atoms with E-state index in [-0.39, 0.29) is 11.2 Å². The molecule has 0 amide bonds. The zero-order valence-electron chi connectivity index (χ0n) is 16.6. The van der Waals surface area contributed by atoms with Crippen molar-refractivity contribution in [3.8, 4) is 11.4 Å². The van der Waals surface area contributed by atoms with Gasteiger partial charge in [-0.3, -0.25) is 4.79 Å². The molecule has 0 fully saturated rings. The lowest BCUT2D eigenvalue weighted by molar-refractivity contribution is 0.102. The molecule has 146 valence electrons. The Balaban J connectivity index is 1.76. The van der Waals surface area contributed by atoms with E-state index in [4.69, 9.17) is 11.6 Å². The Morgan fingerprint density at radius 1 is 1.04 bits per heavy atom. The van der Waals surface area contributed by atoms with E-state index in [0.717, 1.165) is 23.1 Å². The number of ketones is 1. The topological polar surface area (TPSA) is 47.8 Å². The molecule has 0 aliphatic carbocycles. The molecule has 0 aliphatic heterocycles. The summed E-state index contributed by atoms with van der Waals surface area (Å²) >= 11 is 7.29. The summed E-state index contributed by atoms with van der Waals surface area (Å²) < 4.78 is 2.05. The van der Waals surface area contributed by atoms with E-state index in [0.29, 0.717) is 16.3 Å². The van der Waals surface area contributed by atoms with E-state index in [9.17, 15) is 4.79 Å². The van der Waals surface area contributed by atoms with Gasteiger partial charge in [0.1, 0.15) is 0 Å². The van der Waals surface area contributed by atoms with Gasteiger partial charge in [-0.2, -0.15) is 0 Å². The number of Topliss-reactive ketones (excluding diaryl/α,β-unsaturated/α-hetero) is 1. The number of hydrogen-bond acceptors (Lipinski definition) is 4. The first-order valence-electron chi connectivity index (χ1n) is 9.25. The van der Waals surface area contributed by atoms with Crippen molar-refractivity contribution in [3.05, 3.63) is 64.7 Å². The first-order chi connectivity index (χ1) is 13.3. The number of carbonyl (C=O) groups excluding carboxylic acids is 1. The average molecular weight is 414 g/mol. The van der Waals surface area contributed by atoms with Crippen molar-refractivity contribution < 1.29 is 4.79 Å². The summed E-state index contributed by atoms with van der Waals surface area (Å²) in [5.41, 5.74) is 3.07. The predicted octanol–water partition coefficient (Wildman–Crippen LogP) is 5.89. The zero-order valence-corrected chi connectivity index (χ0v) is 18.1. The highest BCUT2D eigenvalue weighted by atomic mass is 35.5. The molecule has 0 radical (unpaired) electrons. The van der Waals surface area contributed by atoms with E-state index in [2.05, 4.69) is 62.2 Å². The molecule has 2 aromatic carbocycles. The quantitative estimate of drug-likeness (QED) is 0.373. The Morgan fingerprint density at radius 3 is 2.25 bits per heavy atom. The van der Waals surface area contributed by atoms with Gasteiger partial charge in [0.2, 0.25) is 0 Å². The Kier molecular flexibility index (Phi) is 6.26. The van der Waals surface area contributed by atoms with Gasteiger partial charge in [-0.1, -0.05) is 68.4 Å². The van der Waals surface area contributed by atoms with Crippen LogP contribution in [0.2, 0.25) is 5.02 Å². The molecule has 0 aliphatic rings. The van der Waals surface area contributed by atoms with Gasteiger partial charge in [-0.25, -0.2) is 0 Å². The van der Waals surface area contributed by atoms with Gasteiger partial charge < -0.3 is 4.57 Å². The molecule has 3 rings (SSSR count). The molecule has 3 aromatic rings. The van der Waals surface area contributed by atoms with E-state index >= 15 is 0 Å². The largest absolute Gasteiger partial charge is 0.302 e. The molecule has 0 N–H and O–H groups in total. The molecule has 1 heterocycles. The second-order valence-electron chi connectivity index (χ2n) is 7.60. The van der Waals surface area contributed by atoms with Gasteiger partial charge in [-0.05, 0) is 42.2 Å². The van der Waals surface area contributed by atoms with Crippen molar-refractivity contribution in [1.29, 1.82) is 0 Å². The fourth-order valence-corrected chi connectivity index (χ4v) is 3.89. The molecule has 4 nitrogen and oxygen atoms in total. The minimum absolute atomic E-state index is 0.0448. The lowest BCUT2D eigenvalue weighted by atomic mass is 9.87. The molecule has 0 unspecified atom stereocenters. The number of carbonyl (C=O) groups is 1. The first-order valence-corrected chi connectivity index (χ1v) is 10.6. The molecular formula is C22H24ClN3OS. The molecule has 6 heteroatoms. The summed E-state index contributed by atoms with van der Waals surface area (Å²) in [6.07, 6.45) is 0. The number of nitrogens with zero attached hydrogens (tertiary/aromatic N) is 3. The number of rotatable bonds is 6. The summed E-state index contributed by atoms with van der Waals surface area (Å²) in [4.78, 5) is 12.4. The highest BCUT2D eigenvalue weighted by Gasteiger charge is 2.17.